The molecule has 326 valence electrons. The lowest BCUT2D eigenvalue weighted by atomic mass is 10.0. The molecule has 0 saturated carbocycles. The number of rotatable bonds is 24. The van der Waals surface area contributed by atoms with Gasteiger partial charge in [0.05, 0.1) is 5.54 Å². The third-order valence-electron chi connectivity index (χ3n) is 9.25. The molecule has 3 rings (SSSR count). The molecule has 20 nitrogen and oxygen atoms in total. The maximum atomic E-state index is 14.3. The van der Waals surface area contributed by atoms with Gasteiger partial charge in [-0.25, -0.2) is 4.79 Å². The highest BCUT2D eigenvalue weighted by Gasteiger charge is 2.34. The van der Waals surface area contributed by atoms with Gasteiger partial charge in [-0.05, 0) is 56.7 Å². The van der Waals surface area contributed by atoms with Gasteiger partial charge in [0, 0.05) is 48.8 Å². The van der Waals surface area contributed by atoms with Gasteiger partial charge in [-0.2, -0.15) is 12.6 Å². The third kappa shape index (κ3) is 15.8. The van der Waals surface area contributed by atoms with Gasteiger partial charge < -0.3 is 64.5 Å². The van der Waals surface area contributed by atoms with Crippen LogP contribution < -0.4 is 54.4 Å². The molecule has 0 aliphatic carbocycles. The highest BCUT2D eigenvalue weighted by Crippen LogP contribution is 2.19. The Morgan fingerprint density at radius 2 is 1.17 bits per heavy atom. The van der Waals surface area contributed by atoms with E-state index in [0.717, 1.165) is 10.9 Å². The fraction of sp³-hybridized carbons (Fsp3) is 0.436. The topological polar surface area (TPSA) is 348 Å². The lowest BCUT2D eigenvalue weighted by Gasteiger charge is -2.28. The summed E-state index contributed by atoms with van der Waals surface area (Å²) in [7, 11) is 0. The van der Waals surface area contributed by atoms with Crippen LogP contribution in [0.4, 0.5) is 0 Å². The maximum Gasteiger partial charge on any atom is 0.327 e. The van der Waals surface area contributed by atoms with Crippen molar-refractivity contribution in [3.63, 3.8) is 0 Å². The Morgan fingerprint density at radius 3 is 1.68 bits per heavy atom. The number of nitrogens with two attached hydrogens (primary N) is 3. The van der Waals surface area contributed by atoms with Crippen molar-refractivity contribution in [3.8, 4) is 0 Å². The van der Waals surface area contributed by atoms with Crippen LogP contribution in [-0.2, 0) is 41.6 Å². The zero-order valence-electron chi connectivity index (χ0n) is 33.6. The fourth-order valence-corrected chi connectivity index (χ4v) is 6.25. The highest BCUT2D eigenvalue weighted by molar-refractivity contribution is 7.80. The number of thiol groups is 1. The van der Waals surface area contributed by atoms with E-state index in [9.17, 15) is 33.9 Å². The van der Waals surface area contributed by atoms with Crippen LogP contribution in [0.3, 0.4) is 0 Å². The number of fused-ring (bicyclic) bond motifs is 1. The van der Waals surface area contributed by atoms with Crippen LogP contribution in [-0.4, -0.2) is 112 Å². The molecule has 0 spiro atoms. The summed E-state index contributed by atoms with van der Waals surface area (Å²) in [5.41, 5.74) is 17.6. The van der Waals surface area contributed by atoms with Crippen molar-refractivity contribution in [3.05, 3.63) is 71.9 Å². The quantitative estimate of drug-likeness (QED) is 0.0216. The molecule has 5 amide bonds. The molecule has 1 heterocycles. The fourth-order valence-electron chi connectivity index (χ4n) is 6.00. The van der Waals surface area contributed by atoms with E-state index in [1.165, 1.54) is 13.8 Å². The van der Waals surface area contributed by atoms with Gasteiger partial charge in [-0.3, -0.25) is 34.8 Å². The maximum absolute atomic E-state index is 14.3. The summed E-state index contributed by atoms with van der Waals surface area (Å²) in [6.45, 7) is 3.31. The number of aromatic nitrogens is 1. The lowest BCUT2D eigenvalue weighted by molar-refractivity contribution is -0.141. The van der Waals surface area contributed by atoms with E-state index in [2.05, 4.69) is 54.8 Å². The molecule has 0 fully saturated rings. The number of aliphatic carboxylic acids is 1. The number of nitrogens with one attached hydrogen (secondary N) is 10. The van der Waals surface area contributed by atoms with Crippen LogP contribution >= 0.6 is 12.6 Å². The highest BCUT2D eigenvalue weighted by atomic mass is 32.1. The number of carbonyl (C=O) groups excluding carboxylic acids is 5. The van der Waals surface area contributed by atoms with E-state index in [1.54, 1.807) is 42.6 Å². The number of para-hydroxylation sites is 1. The van der Waals surface area contributed by atoms with Crippen LogP contribution in [0.15, 0.2) is 60.8 Å². The van der Waals surface area contributed by atoms with Crippen LogP contribution in [0.1, 0.15) is 50.7 Å². The molecule has 5 atom stereocenters. The summed E-state index contributed by atoms with van der Waals surface area (Å²) < 4.78 is 0. The Labute approximate surface area is 353 Å². The van der Waals surface area contributed by atoms with Gasteiger partial charge in [-0.15, -0.1) is 0 Å². The molecule has 1 aromatic heterocycles. The van der Waals surface area contributed by atoms with E-state index in [-0.39, 0.29) is 62.9 Å². The van der Waals surface area contributed by atoms with Crippen molar-refractivity contribution in [1.29, 1.82) is 10.8 Å². The summed E-state index contributed by atoms with van der Waals surface area (Å²) in [6, 6.07) is 9.62. The number of carboxylic acids is 1. The van der Waals surface area contributed by atoms with Crippen molar-refractivity contribution in [2.45, 2.75) is 88.1 Å². The molecular weight excluding hydrogens is 795 g/mol. The normalized spacial score (nSPS) is 13.7. The smallest absolute Gasteiger partial charge is 0.327 e. The Balaban J connectivity index is 1.95. The van der Waals surface area contributed by atoms with Crippen LogP contribution in [0, 0.1) is 10.8 Å². The minimum atomic E-state index is -1.37. The second-order valence-corrected chi connectivity index (χ2v) is 15.1. The minimum absolute atomic E-state index is 0.0207. The largest absolute Gasteiger partial charge is 0.480 e. The van der Waals surface area contributed by atoms with Gasteiger partial charge in [0.1, 0.15) is 30.2 Å². The zero-order valence-corrected chi connectivity index (χ0v) is 34.5. The average Bonchev–Trinajstić information content (AvgIpc) is 3.60. The van der Waals surface area contributed by atoms with E-state index in [1.807, 2.05) is 18.2 Å². The van der Waals surface area contributed by atoms with Crippen molar-refractivity contribution in [1.82, 2.24) is 42.2 Å². The number of carboxylic acid groups (broad SMARTS) is 1. The van der Waals surface area contributed by atoms with Gasteiger partial charge in [-0.1, -0.05) is 48.5 Å². The number of H-pyrrole nitrogens is 1. The standard InChI is InChI=1S/C39H57N13O7S/c1-39(2,44)36(59)52-27(15-9-17-46-38(42)43)32(54)49-28(18-22-10-4-3-5-11-22)33(55)48-26(14-8-16-45-37(40)41)31(53)50-29(34(56)51-30(21-60)35(57)58)19-23-20-47-25-13-7-6-12-24(23)25/h3-7,10-13,20,26-30,47,60H,8-9,14-19,21,44H2,1-2H3,(H,48,55)(H,49,54)(H,50,53)(H,51,56)(H,52,59)(H,57,58)(H4,40,41,45)(H4,42,43,46)/t26-,27-,28+,29-,30-/m0/s1. The minimum Gasteiger partial charge on any atom is -0.480 e. The van der Waals surface area contributed by atoms with Crippen LogP contribution in [0.2, 0.25) is 0 Å². The summed E-state index contributed by atoms with van der Waals surface area (Å²) >= 11 is 4.05. The predicted octanol–water partition coefficient (Wildman–Crippen LogP) is -1.34. The Morgan fingerprint density at radius 1 is 0.700 bits per heavy atom. The Hall–Kier alpha value is -6.35. The number of hydrogen-bond donors (Lipinski definition) is 15. The van der Waals surface area contributed by atoms with Crippen molar-refractivity contribution < 1.29 is 33.9 Å². The summed E-state index contributed by atoms with van der Waals surface area (Å²) in [5.74, 6) is -5.85. The first kappa shape index (κ1) is 48.0. The lowest BCUT2D eigenvalue weighted by Crippen LogP contribution is -2.60. The molecule has 0 radical (unpaired) electrons. The first-order valence-electron chi connectivity index (χ1n) is 19.3. The molecule has 0 bridgehead atoms. The van der Waals surface area contributed by atoms with Gasteiger partial charge in [0.15, 0.2) is 11.9 Å². The van der Waals surface area contributed by atoms with Gasteiger partial charge in [0.2, 0.25) is 29.5 Å². The number of amides is 5. The number of carbonyl (C=O) groups is 6. The van der Waals surface area contributed by atoms with Crippen molar-refractivity contribution in [2.24, 2.45) is 17.2 Å². The number of aromatic amines is 1. The monoisotopic (exact) mass is 851 g/mol. The zero-order chi connectivity index (χ0) is 44.4. The summed E-state index contributed by atoms with van der Waals surface area (Å²) in [5, 5.41) is 43.8. The number of hydrogen-bond acceptors (Lipinski definition) is 10. The third-order valence-corrected chi connectivity index (χ3v) is 9.62. The molecule has 0 unspecified atom stereocenters. The van der Waals surface area contributed by atoms with Crippen LogP contribution in [0.25, 0.3) is 10.9 Å². The first-order valence-corrected chi connectivity index (χ1v) is 19.9. The molecule has 60 heavy (non-hydrogen) atoms. The Bertz CT molecular complexity index is 1970. The first-order chi connectivity index (χ1) is 28.4. The molecule has 0 aliphatic rings. The molecule has 0 aliphatic heterocycles. The van der Waals surface area contributed by atoms with Gasteiger partial charge >= 0.3 is 5.97 Å². The number of guanidine groups is 2. The molecular formula is C39H57N13O7S. The molecule has 2 aromatic carbocycles. The molecule has 3 aromatic rings. The van der Waals surface area contributed by atoms with Crippen LogP contribution in [0.5, 0.6) is 0 Å². The molecule has 0 saturated heterocycles. The van der Waals surface area contributed by atoms with Gasteiger partial charge in [0.25, 0.3) is 0 Å². The second-order valence-electron chi connectivity index (χ2n) is 14.7. The number of benzene rings is 2. The van der Waals surface area contributed by atoms with E-state index in [0.29, 0.717) is 17.5 Å². The summed E-state index contributed by atoms with van der Waals surface area (Å²) in [6.07, 6.45) is 2.16. The predicted molar refractivity (Wildman–Crippen MR) is 230 cm³/mol. The average molecular weight is 852 g/mol. The second kappa shape index (κ2) is 23.3. The summed E-state index contributed by atoms with van der Waals surface area (Å²) in [4.78, 5) is 84.0. The van der Waals surface area contributed by atoms with E-state index >= 15 is 0 Å². The van der Waals surface area contributed by atoms with E-state index < -0.39 is 71.3 Å². The molecule has 21 heteroatoms. The van der Waals surface area contributed by atoms with E-state index in [4.69, 9.17) is 28.0 Å². The van der Waals surface area contributed by atoms with Crippen molar-refractivity contribution in [2.75, 3.05) is 18.8 Å². The molecule has 17 N–H and O–H groups in total. The Kier molecular flexibility index (Phi) is 18.6. The SMILES string of the molecule is CC(C)(N)C(=O)N[C@@H](CCCNC(=N)N)C(=O)N[C@H](Cc1ccccc1)C(=O)N[C@@H](CCCNC(=N)N)C(=O)N[C@@H](Cc1c[nH]c2ccccc12)C(=O)N[C@@H](CS)C(=O)O. The van der Waals surface area contributed by atoms with Crippen molar-refractivity contribution >= 4 is 71.0 Å².